The molecule has 0 heterocycles. The number of allylic oxidation sites excluding steroid dienone is 1. The molecule has 0 aromatic heterocycles. The zero-order valence-corrected chi connectivity index (χ0v) is 8.25. The number of carbonyl (C=O) groups excluding carboxylic acids is 1. The summed E-state index contributed by atoms with van der Waals surface area (Å²) in [6, 6.07) is 0. The Morgan fingerprint density at radius 1 is 1.46 bits per heavy atom. The summed E-state index contributed by atoms with van der Waals surface area (Å²) in [6.07, 6.45) is 5.39. The van der Waals surface area contributed by atoms with Crippen LogP contribution in [-0.2, 0) is 14.3 Å². The number of Topliss-reactive ketones (excluding diaryl/α,β-unsaturated/α-hetero) is 1. The summed E-state index contributed by atoms with van der Waals surface area (Å²) >= 11 is 0. The van der Waals surface area contributed by atoms with E-state index in [1.165, 1.54) is 7.11 Å². The van der Waals surface area contributed by atoms with Crippen molar-refractivity contribution in [2.45, 2.75) is 25.7 Å². The molecule has 0 aromatic carbocycles. The van der Waals surface area contributed by atoms with Crippen LogP contribution in [0.3, 0.4) is 0 Å². The Labute approximate surface area is 79.7 Å². The first-order chi connectivity index (χ1) is 6.31. The van der Waals surface area contributed by atoms with Crippen molar-refractivity contribution in [3.63, 3.8) is 0 Å². The lowest BCUT2D eigenvalue weighted by Crippen LogP contribution is -2.09. The molecular formula is C10H18O3. The van der Waals surface area contributed by atoms with Gasteiger partial charge in [-0.2, -0.15) is 0 Å². The highest BCUT2D eigenvalue weighted by molar-refractivity contribution is 5.79. The smallest absolute Gasteiger partial charge is 0.158 e. The van der Waals surface area contributed by atoms with E-state index in [-0.39, 0.29) is 19.2 Å². The van der Waals surface area contributed by atoms with Crippen LogP contribution in [0.25, 0.3) is 0 Å². The normalized spacial score (nSPS) is 9.92. The SMILES string of the molecule is C=CCCCCC(=O)COCOC. The molecule has 0 aliphatic rings. The molecule has 76 valence electrons. The molecule has 0 atom stereocenters. The number of rotatable bonds is 9. The average molecular weight is 186 g/mol. The summed E-state index contributed by atoms with van der Waals surface area (Å²) in [6.45, 7) is 3.97. The van der Waals surface area contributed by atoms with Gasteiger partial charge in [-0.15, -0.1) is 6.58 Å². The number of unbranched alkanes of at least 4 members (excludes halogenated alkanes) is 2. The van der Waals surface area contributed by atoms with Gasteiger partial charge in [-0.05, 0) is 19.3 Å². The van der Waals surface area contributed by atoms with E-state index in [0.29, 0.717) is 6.42 Å². The predicted octanol–water partition coefficient (Wildman–Crippen LogP) is 1.92. The summed E-state index contributed by atoms with van der Waals surface area (Å²) in [4.78, 5) is 11.1. The summed E-state index contributed by atoms with van der Waals surface area (Å²) in [5, 5.41) is 0. The highest BCUT2D eigenvalue weighted by atomic mass is 16.7. The van der Waals surface area contributed by atoms with Gasteiger partial charge in [0.25, 0.3) is 0 Å². The number of methoxy groups -OCH3 is 1. The molecule has 0 spiro atoms. The van der Waals surface area contributed by atoms with Crippen molar-refractivity contribution in [2.24, 2.45) is 0 Å². The monoisotopic (exact) mass is 186 g/mol. The molecule has 0 bridgehead atoms. The molecular weight excluding hydrogens is 168 g/mol. The van der Waals surface area contributed by atoms with Crippen molar-refractivity contribution >= 4 is 5.78 Å². The van der Waals surface area contributed by atoms with Crippen LogP contribution in [0.5, 0.6) is 0 Å². The van der Waals surface area contributed by atoms with Gasteiger partial charge in [-0.25, -0.2) is 0 Å². The zero-order valence-electron chi connectivity index (χ0n) is 8.25. The third kappa shape index (κ3) is 9.24. The molecule has 0 N–H and O–H groups in total. The van der Waals surface area contributed by atoms with Crippen LogP contribution >= 0.6 is 0 Å². The molecule has 0 aliphatic carbocycles. The average Bonchev–Trinajstić information content (AvgIpc) is 2.13. The van der Waals surface area contributed by atoms with Crippen LogP contribution in [0.15, 0.2) is 12.7 Å². The summed E-state index contributed by atoms with van der Waals surface area (Å²) in [5.41, 5.74) is 0. The van der Waals surface area contributed by atoms with Crippen molar-refractivity contribution < 1.29 is 14.3 Å². The molecule has 0 aromatic rings. The highest BCUT2D eigenvalue weighted by Gasteiger charge is 2.00. The minimum Gasteiger partial charge on any atom is -0.359 e. The van der Waals surface area contributed by atoms with Crippen LogP contribution < -0.4 is 0 Å². The molecule has 3 nitrogen and oxygen atoms in total. The lowest BCUT2D eigenvalue weighted by molar-refractivity contribution is -0.128. The lowest BCUT2D eigenvalue weighted by atomic mass is 10.1. The lowest BCUT2D eigenvalue weighted by Gasteiger charge is -2.01. The standard InChI is InChI=1S/C10H18O3/c1-3-4-5-6-7-10(11)8-13-9-12-2/h3H,1,4-9H2,2H3. The highest BCUT2D eigenvalue weighted by Crippen LogP contribution is 2.00. The Balaban J connectivity index is 3.15. The molecule has 0 radical (unpaired) electrons. The molecule has 13 heavy (non-hydrogen) atoms. The molecule has 0 unspecified atom stereocenters. The molecule has 0 fully saturated rings. The second-order valence-electron chi connectivity index (χ2n) is 2.83. The van der Waals surface area contributed by atoms with Gasteiger partial charge >= 0.3 is 0 Å². The van der Waals surface area contributed by atoms with Crippen molar-refractivity contribution in [2.75, 3.05) is 20.5 Å². The minimum absolute atomic E-state index is 0.140. The fourth-order valence-electron chi connectivity index (χ4n) is 0.922. The van der Waals surface area contributed by atoms with Crippen LogP contribution in [0, 0.1) is 0 Å². The summed E-state index contributed by atoms with van der Waals surface area (Å²) in [5.74, 6) is 0.140. The number of ether oxygens (including phenoxy) is 2. The van der Waals surface area contributed by atoms with Gasteiger partial charge in [0.15, 0.2) is 5.78 Å². The first-order valence-corrected chi connectivity index (χ1v) is 4.50. The van der Waals surface area contributed by atoms with Gasteiger partial charge in [0.05, 0.1) is 0 Å². The molecule has 0 saturated heterocycles. The fourth-order valence-corrected chi connectivity index (χ4v) is 0.922. The zero-order chi connectivity index (χ0) is 9.94. The van der Waals surface area contributed by atoms with Gasteiger partial charge in [0, 0.05) is 13.5 Å². The van der Waals surface area contributed by atoms with E-state index < -0.39 is 0 Å². The van der Waals surface area contributed by atoms with Crippen molar-refractivity contribution in [1.82, 2.24) is 0 Å². The quantitative estimate of drug-likeness (QED) is 0.313. The van der Waals surface area contributed by atoms with Crippen LogP contribution in [0.2, 0.25) is 0 Å². The minimum atomic E-state index is 0.140. The van der Waals surface area contributed by atoms with E-state index in [4.69, 9.17) is 4.74 Å². The molecule has 0 aliphatic heterocycles. The Kier molecular flexibility index (Phi) is 8.93. The predicted molar refractivity (Wildman–Crippen MR) is 51.5 cm³/mol. The van der Waals surface area contributed by atoms with E-state index in [9.17, 15) is 4.79 Å². The Bertz CT molecular complexity index is 143. The van der Waals surface area contributed by atoms with Gasteiger partial charge in [0.1, 0.15) is 13.4 Å². The second kappa shape index (κ2) is 9.42. The van der Waals surface area contributed by atoms with Crippen molar-refractivity contribution in [3.05, 3.63) is 12.7 Å². The number of hydrogen-bond donors (Lipinski definition) is 0. The third-order valence-corrected chi connectivity index (χ3v) is 1.58. The maximum absolute atomic E-state index is 11.1. The van der Waals surface area contributed by atoms with Gasteiger partial charge in [-0.1, -0.05) is 6.08 Å². The van der Waals surface area contributed by atoms with E-state index in [2.05, 4.69) is 11.3 Å². The number of hydrogen-bond acceptors (Lipinski definition) is 3. The maximum Gasteiger partial charge on any atom is 0.158 e. The Hall–Kier alpha value is -0.670. The first kappa shape index (κ1) is 12.3. The van der Waals surface area contributed by atoms with Crippen molar-refractivity contribution in [3.8, 4) is 0 Å². The van der Waals surface area contributed by atoms with Gasteiger partial charge < -0.3 is 9.47 Å². The molecule has 0 amide bonds. The van der Waals surface area contributed by atoms with Gasteiger partial charge in [0.2, 0.25) is 0 Å². The van der Waals surface area contributed by atoms with E-state index in [1.807, 2.05) is 6.08 Å². The van der Waals surface area contributed by atoms with Crippen LogP contribution in [0.4, 0.5) is 0 Å². The summed E-state index contributed by atoms with van der Waals surface area (Å²) < 4.78 is 9.56. The topological polar surface area (TPSA) is 35.5 Å². The third-order valence-electron chi connectivity index (χ3n) is 1.58. The Morgan fingerprint density at radius 2 is 2.23 bits per heavy atom. The van der Waals surface area contributed by atoms with E-state index in [1.54, 1.807) is 0 Å². The summed E-state index contributed by atoms with van der Waals surface area (Å²) in [7, 11) is 1.54. The molecule has 3 heteroatoms. The van der Waals surface area contributed by atoms with Crippen molar-refractivity contribution in [1.29, 1.82) is 0 Å². The fraction of sp³-hybridized carbons (Fsp3) is 0.700. The largest absolute Gasteiger partial charge is 0.359 e. The molecule has 0 saturated carbocycles. The van der Waals surface area contributed by atoms with E-state index in [0.717, 1.165) is 19.3 Å². The first-order valence-electron chi connectivity index (χ1n) is 4.50. The van der Waals surface area contributed by atoms with E-state index >= 15 is 0 Å². The van der Waals surface area contributed by atoms with Crippen LogP contribution in [0.1, 0.15) is 25.7 Å². The second-order valence-corrected chi connectivity index (χ2v) is 2.83. The maximum atomic E-state index is 11.1. The number of ketones is 1. The van der Waals surface area contributed by atoms with Gasteiger partial charge in [-0.3, -0.25) is 4.79 Å². The molecule has 0 rings (SSSR count). The number of carbonyl (C=O) groups is 1. The van der Waals surface area contributed by atoms with Crippen LogP contribution in [-0.4, -0.2) is 26.3 Å². The Morgan fingerprint density at radius 3 is 2.85 bits per heavy atom.